The topological polar surface area (TPSA) is 99.2 Å². The Kier molecular flexibility index (Phi) is 6.06. The van der Waals surface area contributed by atoms with Gasteiger partial charge in [-0.15, -0.1) is 0 Å². The molecule has 10 heteroatoms. The van der Waals surface area contributed by atoms with Crippen molar-refractivity contribution < 1.29 is 22.3 Å². The number of fused-ring (bicyclic) bond motifs is 1. The average molecular weight is 456 g/mol. The Hall–Kier alpha value is -3.50. The lowest BCUT2D eigenvalue weighted by Crippen LogP contribution is -2.27. The monoisotopic (exact) mass is 456 g/mol. The molecule has 0 fully saturated rings. The molecule has 0 aliphatic rings. The Labute approximate surface area is 184 Å². The van der Waals surface area contributed by atoms with Crippen molar-refractivity contribution in [3.63, 3.8) is 0 Å². The van der Waals surface area contributed by atoms with Crippen molar-refractivity contribution in [2.45, 2.75) is 13.3 Å². The Balaban J connectivity index is 1.83. The van der Waals surface area contributed by atoms with Crippen molar-refractivity contribution in [1.29, 1.82) is 0 Å². The van der Waals surface area contributed by atoms with Crippen LogP contribution < -0.4 is 4.31 Å². The molecule has 1 atom stereocenters. The van der Waals surface area contributed by atoms with Crippen molar-refractivity contribution >= 4 is 33.8 Å². The van der Waals surface area contributed by atoms with E-state index in [0.29, 0.717) is 23.0 Å². The van der Waals surface area contributed by atoms with E-state index < -0.39 is 34.2 Å². The van der Waals surface area contributed by atoms with Crippen LogP contribution in [0.2, 0.25) is 0 Å². The third-order valence-corrected chi connectivity index (χ3v) is 5.71. The number of H-pyrrole nitrogens is 1. The van der Waals surface area contributed by atoms with E-state index in [1.165, 1.54) is 6.20 Å². The van der Waals surface area contributed by atoms with Gasteiger partial charge in [0.05, 0.1) is 11.3 Å². The van der Waals surface area contributed by atoms with Crippen LogP contribution in [0.1, 0.15) is 29.3 Å². The highest BCUT2D eigenvalue weighted by Crippen LogP contribution is 2.30. The number of hydrogen-bond acceptors (Lipinski definition) is 4. The molecule has 4 aromatic rings. The molecule has 2 N–H and O–H groups in total. The summed E-state index contributed by atoms with van der Waals surface area (Å²) in [5.41, 5.74) is 0.718. The standard InChI is InChI=1S/C22H18F2N4O3S/c1-2-8-28(32(30)31)18-6-5-17(23)19(20(18)24)21(29)16-12-27-22-15(16)9-14(11-26-22)13-4-3-7-25-10-13/h3-7,9-12H,2,8H2,1H3,(H,26,27)(H,30,31). The van der Waals surface area contributed by atoms with E-state index in [0.717, 1.165) is 22.0 Å². The molecule has 1 aromatic carbocycles. The summed E-state index contributed by atoms with van der Waals surface area (Å²) >= 11 is -2.54. The molecule has 3 heterocycles. The molecule has 7 nitrogen and oxygen atoms in total. The molecule has 4 rings (SSSR count). The van der Waals surface area contributed by atoms with E-state index in [1.807, 2.05) is 6.07 Å². The van der Waals surface area contributed by atoms with Crippen LogP contribution in [-0.4, -0.2) is 36.0 Å². The highest BCUT2D eigenvalue weighted by molar-refractivity contribution is 7.80. The van der Waals surface area contributed by atoms with E-state index in [-0.39, 0.29) is 17.8 Å². The number of aromatic amines is 1. The second-order valence-corrected chi connectivity index (χ2v) is 7.88. The summed E-state index contributed by atoms with van der Waals surface area (Å²) in [4.78, 5) is 24.4. The van der Waals surface area contributed by atoms with Crippen molar-refractivity contribution in [3.05, 3.63) is 77.9 Å². The van der Waals surface area contributed by atoms with Crippen LogP contribution in [0, 0.1) is 11.6 Å². The Bertz CT molecular complexity index is 1330. The number of carbonyl (C=O) groups excluding carboxylic acids is 1. The highest BCUT2D eigenvalue weighted by atomic mass is 32.2. The Morgan fingerprint density at radius 3 is 2.72 bits per heavy atom. The molecule has 0 amide bonds. The largest absolute Gasteiger partial charge is 0.345 e. The molecule has 3 aromatic heterocycles. The Morgan fingerprint density at radius 2 is 2.03 bits per heavy atom. The van der Waals surface area contributed by atoms with Gasteiger partial charge in [0.1, 0.15) is 11.5 Å². The minimum Gasteiger partial charge on any atom is -0.345 e. The summed E-state index contributed by atoms with van der Waals surface area (Å²) in [5.74, 6) is -3.17. The predicted molar refractivity (Wildman–Crippen MR) is 118 cm³/mol. The second kappa shape index (κ2) is 8.93. The van der Waals surface area contributed by atoms with Crippen LogP contribution in [0.3, 0.4) is 0 Å². The molecule has 0 radical (unpaired) electrons. The first-order valence-corrected chi connectivity index (χ1v) is 10.8. The lowest BCUT2D eigenvalue weighted by atomic mass is 10.00. The highest BCUT2D eigenvalue weighted by Gasteiger charge is 2.27. The maximum absolute atomic E-state index is 15.3. The minimum atomic E-state index is -2.54. The van der Waals surface area contributed by atoms with Crippen molar-refractivity contribution in [1.82, 2.24) is 15.0 Å². The number of aromatic nitrogens is 3. The van der Waals surface area contributed by atoms with E-state index in [1.54, 1.807) is 37.6 Å². The zero-order valence-corrected chi connectivity index (χ0v) is 17.7. The number of halogens is 2. The van der Waals surface area contributed by atoms with Gasteiger partial charge < -0.3 is 4.98 Å². The van der Waals surface area contributed by atoms with Crippen LogP contribution in [-0.2, 0) is 11.3 Å². The van der Waals surface area contributed by atoms with Gasteiger partial charge in [-0.1, -0.05) is 13.0 Å². The van der Waals surface area contributed by atoms with Gasteiger partial charge in [-0.05, 0) is 30.7 Å². The normalized spacial score (nSPS) is 12.1. The maximum Gasteiger partial charge on any atom is 0.261 e. The average Bonchev–Trinajstić information content (AvgIpc) is 3.22. The van der Waals surface area contributed by atoms with Gasteiger partial charge in [0, 0.05) is 53.4 Å². The predicted octanol–water partition coefficient (Wildman–Crippen LogP) is 4.49. The van der Waals surface area contributed by atoms with Gasteiger partial charge in [-0.3, -0.25) is 18.6 Å². The second-order valence-electron chi connectivity index (χ2n) is 6.98. The first kappa shape index (κ1) is 21.7. The number of anilines is 1. The van der Waals surface area contributed by atoms with Gasteiger partial charge in [0.2, 0.25) is 5.78 Å². The first-order chi connectivity index (χ1) is 15.4. The number of benzene rings is 1. The number of carbonyl (C=O) groups is 1. The fourth-order valence-electron chi connectivity index (χ4n) is 3.45. The number of nitrogens with zero attached hydrogens (tertiary/aromatic N) is 3. The zero-order valence-electron chi connectivity index (χ0n) is 16.9. The number of ketones is 1. The van der Waals surface area contributed by atoms with Gasteiger partial charge >= 0.3 is 0 Å². The van der Waals surface area contributed by atoms with Crippen LogP contribution in [0.4, 0.5) is 14.5 Å². The molecule has 32 heavy (non-hydrogen) atoms. The van der Waals surface area contributed by atoms with Crippen LogP contribution in [0.25, 0.3) is 22.2 Å². The molecule has 0 spiro atoms. The summed E-state index contributed by atoms with van der Waals surface area (Å²) in [6.45, 7) is 1.79. The molecule has 164 valence electrons. The summed E-state index contributed by atoms with van der Waals surface area (Å²) in [5, 5.41) is 0.386. The van der Waals surface area contributed by atoms with Crippen LogP contribution >= 0.6 is 0 Å². The first-order valence-electron chi connectivity index (χ1n) is 9.71. The molecule has 0 saturated heterocycles. The molecule has 0 saturated carbocycles. The van der Waals surface area contributed by atoms with E-state index in [2.05, 4.69) is 15.0 Å². The van der Waals surface area contributed by atoms with Crippen molar-refractivity contribution in [2.75, 3.05) is 10.8 Å². The number of nitrogens with one attached hydrogen (secondary N) is 1. The van der Waals surface area contributed by atoms with Gasteiger partial charge in [0.25, 0.3) is 11.3 Å². The summed E-state index contributed by atoms with van der Waals surface area (Å²) in [6, 6.07) is 7.23. The SMILES string of the molecule is CCCN(c1ccc(F)c(C(=O)c2c[nH]c3ncc(-c4cccnc4)cc23)c1F)S(=O)O. The van der Waals surface area contributed by atoms with Crippen molar-refractivity contribution in [2.24, 2.45) is 0 Å². The van der Waals surface area contributed by atoms with E-state index >= 15 is 4.39 Å². The number of rotatable bonds is 7. The fraction of sp³-hybridized carbons (Fsp3) is 0.136. The molecular weight excluding hydrogens is 438 g/mol. The molecular formula is C22H18F2N4O3S. The van der Waals surface area contributed by atoms with E-state index in [4.69, 9.17) is 0 Å². The smallest absolute Gasteiger partial charge is 0.261 e. The molecule has 0 aliphatic carbocycles. The number of pyridine rings is 2. The molecule has 1 unspecified atom stereocenters. The lowest BCUT2D eigenvalue weighted by Gasteiger charge is -2.20. The van der Waals surface area contributed by atoms with Crippen molar-refractivity contribution in [3.8, 4) is 11.1 Å². The zero-order chi connectivity index (χ0) is 22.8. The van der Waals surface area contributed by atoms with Gasteiger partial charge in [-0.2, -0.15) is 0 Å². The third kappa shape index (κ3) is 3.90. The van der Waals surface area contributed by atoms with Crippen LogP contribution in [0.15, 0.2) is 55.1 Å². The third-order valence-electron chi connectivity index (χ3n) is 4.95. The van der Waals surface area contributed by atoms with Gasteiger partial charge in [-0.25, -0.2) is 18.0 Å². The Morgan fingerprint density at radius 1 is 1.22 bits per heavy atom. The lowest BCUT2D eigenvalue weighted by molar-refractivity contribution is 0.103. The molecule has 0 aliphatic heterocycles. The maximum atomic E-state index is 15.3. The summed E-state index contributed by atoms with van der Waals surface area (Å²) in [7, 11) is 0. The fourth-order valence-corrected chi connectivity index (χ4v) is 4.09. The van der Waals surface area contributed by atoms with Gasteiger partial charge in [0.15, 0.2) is 5.82 Å². The summed E-state index contributed by atoms with van der Waals surface area (Å²) in [6.07, 6.45) is 6.65. The number of hydrogen-bond donors (Lipinski definition) is 2. The van der Waals surface area contributed by atoms with E-state index in [9.17, 15) is 17.9 Å². The molecule has 0 bridgehead atoms. The van der Waals surface area contributed by atoms with Crippen LogP contribution in [0.5, 0.6) is 0 Å². The summed E-state index contributed by atoms with van der Waals surface area (Å²) < 4.78 is 51.9. The minimum absolute atomic E-state index is 0.0281. The quantitative estimate of drug-likeness (QED) is 0.315.